The lowest BCUT2D eigenvalue weighted by Crippen LogP contribution is -2.21. The predicted molar refractivity (Wildman–Crippen MR) is 33.6 cm³/mol. The maximum atomic E-state index is 11.6. The Kier molecular flexibility index (Phi) is 2.16. The van der Waals surface area contributed by atoms with Gasteiger partial charge in [-0.15, -0.1) is 13.2 Å². The predicted octanol–water partition coefficient (Wildman–Crippen LogP) is 1.06. The van der Waals surface area contributed by atoms with E-state index in [2.05, 4.69) is 9.73 Å². The Morgan fingerprint density at radius 1 is 1.50 bits per heavy atom. The van der Waals surface area contributed by atoms with Crippen molar-refractivity contribution in [3.8, 4) is 0 Å². The molecule has 0 spiro atoms. The highest BCUT2D eigenvalue weighted by Gasteiger charge is 2.34. The summed E-state index contributed by atoms with van der Waals surface area (Å²) in [7, 11) is 0. The SMILES string of the molecule is O=C1CN=CC=C1OC(F)(F)F. The molecule has 66 valence electrons. The minimum absolute atomic E-state index is 0.290. The number of nitrogens with zero attached hydrogens (tertiary/aromatic N) is 1. The van der Waals surface area contributed by atoms with Crippen LogP contribution in [0.4, 0.5) is 13.2 Å². The van der Waals surface area contributed by atoms with Crippen LogP contribution in [0.3, 0.4) is 0 Å². The molecule has 0 aliphatic carbocycles. The molecule has 1 rings (SSSR count). The summed E-state index contributed by atoms with van der Waals surface area (Å²) in [5.74, 6) is -1.48. The quantitative estimate of drug-likeness (QED) is 0.603. The first kappa shape index (κ1) is 8.76. The highest BCUT2D eigenvalue weighted by Crippen LogP contribution is 2.21. The van der Waals surface area contributed by atoms with Gasteiger partial charge in [-0.3, -0.25) is 9.79 Å². The van der Waals surface area contributed by atoms with Crippen molar-refractivity contribution >= 4 is 12.0 Å². The summed E-state index contributed by atoms with van der Waals surface area (Å²) in [5.41, 5.74) is 0. The lowest BCUT2D eigenvalue weighted by Gasteiger charge is -2.11. The van der Waals surface area contributed by atoms with Crippen LogP contribution in [0.2, 0.25) is 0 Å². The minimum atomic E-state index is -4.81. The highest BCUT2D eigenvalue weighted by atomic mass is 19.4. The molecule has 0 aromatic rings. The first-order valence-electron chi connectivity index (χ1n) is 2.98. The molecule has 0 radical (unpaired) electrons. The first-order chi connectivity index (χ1) is 5.49. The zero-order valence-electron chi connectivity index (χ0n) is 5.76. The number of dihydropyridines is 1. The number of hydrogen-bond donors (Lipinski definition) is 0. The van der Waals surface area contributed by atoms with Crippen LogP contribution in [0.25, 0.3) is 0 Å². The van der Waals surface area contributed by atoms with Gasteiger partial charge in [-0.1, -0.05) is 0 Å². The summed E-state index contributed by atoms with van der Waals surface area (Å²) in [5, 5.41) is 0. The van der Waals surface area contributed by atoms with Gasteiger partial charge in [0.2, 0.25) is 5.78 Å². The second kappa shape index (κ2) is 2.96. The van der Waals surface area contributed by atoms with Crippen LogP contribution in [0.1, 0.15) is 0 Å². The molecule has 0 aromatic carbocycles. The van der Waals surface area contributed by atoms with Gasteiger partial charge in [0.1, 0.15) is 6.54 Å². The topological polar surface area (TPSA) is 38.7 Å². The van der Waals surface area contributed by atoms with E-state index in [1.54, 1.807) is 0 Å². The zero-order chi connectivity index (χ0) is 9.19. The van der Waals surface area contributed by atoms with Crippen molar-refractivity contribution in [1.29, 1.82) is 0 Å². The Hall–Kier alpha value is -1.33. The van der Waals surface area contributed by atoms with Gasteiger partial charge >= 0.3 is 6.36 Å². The van der Waals surface area contributed by atoms with Crippen LogP contribution in [0.15, 0.2) is 16.8 Å². The van der Waals surface area contributed by atoms with Crippen molar-refractivity contribution < 1.29 is 22.7 Å². The molecule has 0 amide bonds. The van der Waals surface area contributed by atoms with Crippen molar-refractivity contribution in [2.75, 3.05) is 6.54 Å². The summed E-state index contributed by atoms with van der Waals surface area (Å²) in [6.45, 7) is -0.290. The Bertz CT molecular complexity index is 254. The number of hydrogen-bond acceptors (Lipinski definition) is 3. The molecule has 6 heteroatoms. The molecule has 0 bridgehead atoms. The fourth-order valence-electron chi connectivity index (χ4n) is 0.642. The number of Topliss-reactive ketones (excluding diaryl/α,β-unsaturated/α-hetero) is 1. The minimum Gasteiger partial charge on any atom is -0.402 e. The molecule has 1 aliphatic rings. The molecule has 1 heterocycles. The molecule has 0 atom stereocenters. The second-order valence-electron chi connectivity index (χ2n) is 1.99. The van der Waals surface area contributed by atoms with Crippen molar-refractivity contribution in [1.82, 2.24) is 0 Å². The second-order valence-corrected chi connectivity index (χ2v) is 1.99. The zero-order valence-corrected chi connectivity index (χ0v) is 5.76. The Morgan fingerprint density at radius 2 is 2.17 bits per heavy atom. The van der Waals surface area contributed by atoms with Crippen LogP contribution >= 0.6 is 0 Å². The molecule has 12 heavy (non-hydrogen) atoms. The molecular weight excluding hydrogens is 175 g/mol. The van der Waals surface area contributed by atoms with Crippen molar-refractivity contribution in [3.63, 3.8) is 0 Å². The lowest BCUT2D eigenvalue weighted by molar-refractivity contribution is -0.304. The molecule has 0 saturated carbocycles. The number of allylic oxidation sites excluding steroid dienone is 1. The highest BCUT2D eigenvalue weighted by molar-refractivity contribution is 6.01. The molecule has 0 saturated heterocycles. The third-order valence-electron chi connectivity index (χ3n) is 1.07. The Balaban J connectivity index is 2.68. The van der Waals surface area contributed by atoms with Gasteiger partial charge in [0, 0.05) is 12.3 Å². The van der Waals surface area contributed by atoms with Crippen molar-refractivity contribution in [3.05, 3.63) is 11.8 Å². The summed E-state index contributed by atoms with van der Waals surface area (Å²) in [4.78, 5) is 14.1. The largest absolute Gasteiger partial charge is 0.573 e. The summed E-state index contributed by atoms with van der Waals surface area (Å²) in [6, 6.07) is 0. The summed E-state index contributed by atoms with van der Waals surface area (Å²) in [6.07, 6.45) is -2.82. The van der Waals surface area contributed by atoms with Gasteiger partial charge in [0.25, 0.3) is 0 Å². The number of alkyl halides is 3. The van der Waals surface area contributed by atoms with E-state index in [1.807, 2.05) is 0 Å². The average molecular weight is 179 g/mol. The molecule has 0 unspecified atom stereocenters. The number of carbonyl (C=O) groups excluding carboxylic acids is 1. The van der Waals surface area contributed by atoms with Gasteiger partial charge in [-0.25, -0.2) is 0 Å². The number of ketones is 1. The van der Waals surface area contributed by atoms with Crippen LogP contribution in [-0.2, 0) is 9.53 Å². The lowest BCUT2D eigenvalue weighted by atomic mass is 10.3. The van der Waals surface area contributed by atoms with Crippen LogP contribution < -0.4 is 0 Å². The standard InChI is InChI=1S/C6H4F3NO2/c7-6(8,9)12-5-1-2-10-3-4(5)11/h1-2H,3H2. The maximum absolute atomic E-state index is 11.6. The van der Waals surface area contributed by atoms with Gasteiger partial charge < -0.3 is 4.74 Å². The molecule has 0 fully saturated rings. The monoisotopic (exact) mass is 179 g/mol. The van der Waals surface area contributed by atoms with E-state index in [0.717, 1.165) is 12.3 Å². The first-order valence-corrected chi connectivity index (χ1v) is 2.98. The van der Waals surface area contributed by atoms with Gasteiger partial charge in [0.05, 0.1) is 0 Å². The van der Waals surface area contributed by atoms with Crippen LogP contribution in [0, 0.1) is 0 Å². The van der Waals surface area contributed by atoms with E-state index in [-0.39, 0.29) is 6.54 Å². The molecule has 3 nitrogen and oxygen atoms in total. The van der Waals surface area contributed by atoms with Crippen molar-refractivity contribution in [2.24, 2.45) is 4.99 Å². The van der Waals surface area contributed by atoms with E-state index in [4.69, 9.17) is 0 Å². The van der Waals surface area contributed by atoms with E-state index < -0.39 is 17.9 Å². The van der Waals surface area contributed by atoms with Crippen LogP contribution in [0.5, 0.6) is 0 Å². The van der Waals surface area contributed by atoms with Crippen molar-refractivity contribution in [2.45, 2.75) is 6.36 Å². The molecule has 0 aromatic heterocycles. The normalized spacial score (nSPS) is 17.6. The third-order valence-corrected chi connectivity index (χ3v) is 1.07. The van der Waals surface area contributed by atoms with Gasteiger partial charge in [-0.2, -0.15) is 0 Å². The van der Waals surface area contributed by atoms with E-state index in [1.165, 1.54) is 0 Å². The maximum Gasteiger partial charge on any atom is 0.573 e. The van der Waals surface area contributed by atoms with Gasteiger partial charge in [-0.05, 0) is 0 Å². The van der Waals surface area contributed by atoms with E-state index in [0.29, 0.717) is 0 Å². The summed E-state index contributed by atoms with van der Waals surface area (Å²) >= 11 is 0. The number of aliphatic imine (C=N–C) groups is 1. The fraction of sp³-hybridized carbons (Fsp3) is 0.333. The Labute approximate surface area is 65.5 Å². The Morgan fingerprint density at radius 3 is 2.67 bits per heavy atom. The molecule has 1 aliphatic heterocycles. The smallest absolute Gasteiger partial charge is 0.402 e. The number of rotatable bonds is 1. The van der Waals surface area contributed by atoms with Crippen LogP contribution in [-0.4, -0.2) is 24.9 Å². The number of halogens is 3. The number of ether oxygens (including phenoxy) is 1. The third kappa shape index (κ3) is 2.37. The molecule has 0 N–H and O–H groups in total. The van der Waals surface area contributed by atoms with E-state index >= 15 is 0 Å². The number of carbonyl (C=O) groups is 1. The average Bonchev–Trinajstić information content (AvgIpc) is 1.91. The van der Waals surface area contributed by atoms with E-state index in [9.17, 15) is 18.0 Å². The molecular formula is C6H4F3NO2. The van der Waals surface area contributed by atoms with Gasteiger partial charge in [0.15, 0.2) is 5.76 Å². The fourth-order valence-corrected chi connectivity index (χ4v) is 0.642. The summed E-state index contributed by atoms with van der Waals surface area (Å²) < 4.78 is 38.1.